The van der Waals surface area contributed by atoms with Gasteiger partial charge in [0.05, 0.1) is 12.5 Å². The number of rotatable bonds is 8. The molecule has 0 aliphatic rings. The highest BCUT2D eigenvalue weighted by molar-refractivity contribution is 5.78. The average molecular weight is 229 g/mol. The summed E-state index contributed by atoms with van der Waals surface area (Å²) in [4.78, 5) is 32.3. The van der Waals surface area contributed by atoms with Crippen LogP contribution < -0.4 is 5.32 Å². The van der Waals surface area contributed by atoms with Crippen LogP contribution in [0.15, 0.2) is 0 Å². The van der Waals surface area contributed by atoms with E-state index in [1.807, 2.05) is 0 Å². The van der Waals surface area contributed by atoms with E-state index in [0.29, 0.717) is 25.9 Å². The largest absolute Gasteiger partial charge is 0.466 e. The van der Waals surface area contributed by atoms with Crippen LogP contribution >= 0.6 is 0 Å². The normalized spacial score (nSPS) is 11.6. The molecule has 0 bridgehead atoms. The SMILES string of the molecule is CCOC(=O)C(C)CCNC(=O)CCC=O. The number of hydrogen-bond donors (Lipinski definition) is 1. The molecule has 1 atom stereocenters. The molecule has 0 rings (SSSR count). The zero-order valence-electron chi connectivity index (χ0n) is 9.82. The zero-order chi connectivity index (χ0) is 12.4. The molecule has 5 heteroatoms. The van der Waals surface area contributed by atoms with E-state index >= 15 is 0 Å². The van der Waals surface area contributed by atoms with Crippen LogP contribution in [0.1, 0.15) is 33.1 Å². The minimum Gasteiger partial charge on any atom is -0.466 e. The van der Waals surface area contributed by atoms with Crippen LogP contribution in [-0.4, -0.2) is 31.3 Å². The number of esters is 1. The highest BCUT2D eigenvalue weighted by Gasteiger charge is 2.13. The molecule has 0 spiro atoms. The molecule has 0 aromatic heterocycles. The van der Waals surface area contributed by atoms with Crippen LogP contribution in [-0.2, 0) is 19.1 Å². The van der Waals surface area contributed by atoms with Gasteiger partial charge >= 0.3 is 5.97 Å². The van der Waals surface area contributed by atoms with Gasteiger partial charge in [0.1, 0.15) is 6.29 Å². The maximum Gasteiger partial charge on any atom is 0.308 e. The summed E-state index contributed by atoms with van der Waals surface area (Å²) in [6.07, 6.45) is 1.70. The Morgan fingerprint density at radius 2 is 2.12 bits per heavy atom. The lowest BCUT2D eigenvalue weighted by molar-refractivity contribution is -0.147. The van der Waals surface area contributed by atoms with Gasteiger partial charge in [-0.25, -0.2) is 0 Å². The molecule has 0 aromatic rings. The first-order valence-electron chi connectivity index (χ1n) is 5.48. The molecule has 1 unspecified atom stereocenters. The maximum absolute atomic E-state index is 11.2. The minimum absolute atomic E-state index is 0.164. The molecule has 92 valence electrons. The molecular weight excluding hydrogens is 210 g/mol. The van der Waals surface area contributed by atoms with Crippen LogP contribution in [0.25, 0.3) is 0 Å². The first-order valence-corrected chi connectivity index (χ1v) is 5.48. The van der Waals surface area contributed by atoms with Gasteiger partial charge in [0.25, 0.3) is 0 Å². The first-order chi connectivity index (χ1) is 7.61. The summed E-state index contributed by atoms with van der Waals surface area (Å²) >= 11 is 0. The summed E-state index contributed by atoms with van der Waals surface area (Å²) in [7, 11) is 0. The Hall–Kier alpha value is -1.39. The van der Waals surface area contributed by atoms with E-state index in [-0.39, 0.29) is 30.6 Å². The Morgan fingerprint density at radius 1 is 1.44 bits per heavy atom. The second kappa shape index (κ2) is 8.88. The molecule has 0 radical (unpaired) electrons. The summed E-state index contributed by atoms with van der Waals surface area (Å²) in [5, 5.41) is 2.64. The van der Waals surface area contributed by atoms with E-state index in [2.05, 4.69) is 5.32 Å². The van der Waals surface area contributed by atoms with Crippen LogP contribution in [0.3, 0.4) is 0 Å². The van der Waals surface area contributed by atoms with Gasteiger partial charge in [-0.2, -0.15) is 0 Å². The van der Waals surface area contributed by atoms with E-state index in [1.54, 1.807) is 13.8 Å². The Balaban J connectivity index is 3.60. The minimum atomic E-state index is -0.246. The third kappa shape index (κ3) is 6.98. The van der Waals surface area contributed by atoms with E-state index in [9.17, 15) is 14.4 Å². The van der Waals surface area contributed by atoms with Gasteiger partial charge in [0.15, 0.2) is 0 Å². The highest BCUT2D eigenvalue weighted by Crippen LogP contribution is 2.03. The van der Waals surface area contributed by atoms with Gasteiger partial charge < -0.3 is 14.8 Å². The molecule has 0 fully saturated rings. The van der Waals surface area contributed by atoms with Crippen molar-refractivity contribution in [1.82, 2.24) is 5.32 Å². The van der Waals surface area contributed by atoms with Crippen molar-refractivity contribution < 1.29 is 19.1 Å². The van der Waals surface area contributed by atoms with E-state index < -0.39 is 0 Å². The van der Waals surface area contributed by atoms with Crippen molar-refractivity contribution in [2.45, 2.75) is 33.1 Å². The predicted octanol–water partition coefficient (Wildman–Crippen LogP) is 0.671. The van der Waals surface area contributed by atoms with E-state index in [1.165, 1.54) is 0 Å². The molecule has 0 saturated heterocycles. The first kappa shape index (κ1) is 14.6. The number of hydrogen-bond acceptors (Lipinski definition) is 4. The smallest absolute Gasteiger partial charge is 0.308 e. The summed E-state index contributed by atoms with van der Waals surface area (Å²) in [5.74, 6) is -0.626. The van der Waals surface area contributed by atoms with Gasteiger partial charge in [-0.15, -0.1) is 0 Å². The summed E-state index contributed by atoms with van der Waals surface area (Å²) in [6.45, 7) is 4.31. The third-order valence-corrected chi connectivity index (χ3v) is 2.08. The van der Waals surface area contributed by atoms with Crippen LogP contribution in [0.4, 0.5) is 0 Å². The third-order valence-electron chi connectivity index (χ3n) is 2.08. The molecule has 1 amide bonds. The van der Waals surface area contributed by atoms with Crippen molar-refractivity contribution >= 4 is 18.2 Å². The lowest BCUT2D eigenvalue weighted by Crippen LogP contribution is -2.27. The molecule has 0 saturated carbocycles. The lowest BCUT2D eigenvalue weighted by atomic mass is 10.1. The number of nitrogens with one attached hydrogen (secondary N) is 1. The van der Waals surface area contributed by atoms with Gasteiger partial charge in [0.2, 0.25) is 5.91 Å². The van der Waals surface area contributed by atoms with E-state index in [4.69, 9.17) is 4.74 Å². The van der Waals surface area contributed by atoms with Gasteiger partial charge in [-0.05, 0) is 13.3 Å². The number of ether oxygens (including phenoxy) is 1. The fraction of sp³-hybridized carbons (Fsp3) is 0.727. The molecule has 5 nitrogen and oxygen atoms in total. The quantitative estimate of drug-likeness (QED) is 0.490. The van der Waals surface area contributed by atoms with Crippen molar-refractivity contribution in [2.24, 2.45) is 5.92 Å². The lowest BCUT2D eigenvalue weighted by Gasteiger charge is -2.10. The number of amides is 1. The van der Waals surface area contributed by atoms with Crippen molar-refractivity contribution in [3.63, 3.8) is 0 Å². The highest BCUT2D eigenvalue weighted by atomic mass is 16.5. The van der Waals surface area contributed by atoms with Crippen LogP contribution in [0.5, 0.6) is 0 Å². The monoisotopic (exact) mass is 229 g/mol. The second-order valence-electron chi connectivity index (χ2n) is 3.50. The van der Waals surface area contributed by atoms with Crippen LogP contribution in [0.2, 0.25) is 0 Å². The van der Waals surface area contributed by atoms with Gasteiger partial charge in [0, 0.05) is 19.4 Å². The predicted molar refractivity (Wildman–Crippen MR) is 58.7 cm³/mol. The molecule has 0 aliphatic heterocycles. The van der Waals surface area contributed by atoms with Crippen molar-refractivity contribution in [1.29, 1.82) is 0 Å². The van der Waals surface area contributed by atoms with E-state index in [0.717, 1.165) is 0 Å². The fourth-order valence-electron chi connectivity index (χ4n) is 1.11. The summed E-state index contributed by atoms with van der Waals surface area (Å²) in [6, 6.07) is 0. The Labute approximate surface area is 95.5 Å². The Morgan fingerprint density at radius 3 is 2.69 bits per heavy atom. The van der Waals surface area contributed by atoms with Gasteiger partial charge in [-0.3, -0.25) is 9.59 Å². The number of carbonyl (C=O) groups is 3. The number of aldehydes is 1. The van der Waals surface area contributed by atoms with Gasteiger partial charge in [-0.1, -0.05) is 6.92 Å². The molecule has 0 aromatic carbocycles. The summed E-state index contributed by atoms with van der Waals surface area (Å²) < 4.78 is 4.83. The van der Waals surface area contributed by atoms with Crippen molar-refractivity contribution in [2.75, 3.05) is 13.2 Å². The summed E-state index contributed by atoms with van der Waals surface area (Å²) in [5.41, 5.74) is 0. The Bertz CT molecular complexity index is 240. The van der Waals surface area contributed by atoms with Crippen molar-refractivity contribution in [3.05, 3.63) is 0 Å². The second-order valence-corrected chi connectivity index (χ2v) is 3.50. The zero-order valence-corrected chi connectivity index (χ0v) is 9.82. The molecule has 16 heavy (non-hydrogen) atoms. The van der Waals surface area contributed by atoms with Crippen molar-refractivity contribution in [3.8, 4) is 0 Å². The molecule has 0 aliphatic carbocycles. The molecule has 1 N–H and O–H groups in total. The number of carbonyl (C=O) groups excluding carboxylic acids is 3. The Kier molecular flexibility index (Phi) is 8.11. The topological polar surface area (TPSA) is 72.5 Å². The average Bonchev–Trinajstić information content (AvgIpc) is 2.26. The molecule has 0 heterocycles. The molecular formula is C11H19NO4. The van der Waals surface area contributed by atoms with Crippen LogP contribution in [0, 0.1) is 5.92 Å². The maximum atomic E-state index is 11.2. The standard InChI is InChI=1S/C11H19NO4/c1-3-16-11(15)9(2)6-7-12-10(14)5-4-8-13/h8-9H,3-7H2,1-2H3,(H,12,14). The fourth-order valence-corrected chi connectivity index (χ4v) is 1.11.